The molecule has 7 heteroatoms. The monoisotopic (exact) mass is 504 g/mol. The normalized spacial score (nSPS) is 11.8. The lowest BCUT2D eigenvalue weighted by Crippen LogP contribution is -2.43. The van der Waals surface area contributed by atoms with Crippen molar-refractivity contribution in [1.29, 1.82) is 0 Å². The van der Waals surface area contributed by atoms with E-state index >= 15 is 0 Å². The Morgan fingerprint density at radius 3 is 2.17 bits per heavy atom. The molecule has 0 amide bonds. The third-order valence-electron chi connectivity index (χ3n) is 1.72. The Labute approximate surface area is 138 Å². The van der Waals surface area contributed by atoms with Gasteiger partial charge in [0, 0.05) is 6.08 Å². The highest BCUT2D eigenvalue weighted by molar-refractivity contribution is 9.30. The van der Waals surface area contributed by atoms with E-state index < -0.39 is 12.8 Å². The first kappa shape index (κ1) is 16.2. The molecule has 3 nitrogen and oxygen atoms in total. The fourth-order valence-electron chi connectivity index (χ4n) is 0.923. The Balaban J connectivity index is 2.84. The van der Waals surface area contributed by atoms with Crippen LogP contribution in [0.3, 0.4) is 0 Å². The summed E-state index contributed by atoms with van der Waals surface area (Å²) in [5.41, 5.74) is 0. The van der Waals surface area contributed by atoms with Crippen LogP contribution in [0.4, 0.5) is 0 Å². The number of benzene rings is 1. The molecule has 0 bridgehead atoms. The van der Waals surface area contributed by atoms with Gasteiger partial charge in [-0.3, -0.25) is 0 Å². The molecular weight excluding hydrogens is 500 g/mol. The molecule has 0 N–H and O–H groups in total. The highest BCUT2D eigenvalue weighted by atomic mass is 79.9. The van der Waals surface area contributed by atoms with E-state index in [0.29, 0.717) is 5.75 Å². The molecule has 1 aromatic rings. The largest absolute Gasteiger partial charge is 0.460 e. The summed E-state index contributed by atoms with van der Waals surface area (Å²) in [5, 5.41) is 0. The standard InChI is InChI=1S/C11H8Br4O3/c1-2-9(16)18-11(14,15)10(12,13)17-8-6-4-3-5-7-8/h2-7H,1H2. The van der Waals surface area contributed by atoms with Gasteiger partial charge in [-0.15, -0.1) is 0 Å². The summed E-state index contributed by atoms with van der Waals surface area (Å²) in [6, 6.07) is 9.05. The second kappa shape index (κ2) is 6.54. The average molecular weight is 508 g/mol. The van der Waals surface area contributed by atoms with Crippen molar-refractivity contribution >= 4 is 69.7 Å². The number of rotatable bonds is 5. The maximum atomic E-state index is 11.2. The molecule has 0 aliphatic rings. The molecule has 0 spiro atoms. The molecule has 1 rings (SSSR count). The van der Waals surface area contributed by atoms with Crippen LogP contribution >= 0.6 is 63.7 Å². The van der Waals surface area contributed by atoms with Crippen LogP contribution in [0, 0.1) is 0 Å². The number of hydrogen-bond donors (Lipinski definition) is 0. The maximum absolute atomic E-state index is 11.2. The third kappa shape index (κ3) is 4.36. The molecule has 0 radical (unpaired) electrons. The van der Waals surface area contributed by atoms with E-state index in [-0.39, 0.29) is 0 Å². The molecule has 0 aliphatic carbocycles. The first-order chi connectivity index (χ1) is 8.28. The van der Waals surface area contributed by atoms with Gasteiger partial charge in [-0.2, -0.15) is 0 Å². The van der Waals surface area contributed by atoms with E-state index in [9.17, 15) is 4.79 Å². The lowest BCUT2D eigenvalue weighted by Gasteiger charge is -2.33. The van der Waals surface area contributed by atoms with Gasteiger partial charge < -0.3 is 9.47 Å². The zero-order chi connectivity index (χ0) is 13.8. The number of carbonyl (C=O) groups is 1. The topological polar surface area (TPSA) is 35.5 Å². The number of hydrogen-bond acceptors (Lipinski definition) is 3. The van der Waals surface area contributed by atoms with E-state index in [1.807, 2.05) is 18.2 Å². The van der Waals surface area contributed by atoms with Crippen molar-refractivity contribution in [1.82, 2.24) is 0 Å². The molecule has 0 saturated heterocycles. The fraction of sp³-hybridized carbons (Fsp3) is 0.182. The zero-order valence-corrected chi connectivity index (χ0v) is 15.3. The average Bonchev–Trinajstić information content (AvgIpc) is 2.28. The van der Waals surface area contributed by atoms with Crippen LogP contribution in [0.25, 0.3) is 0 Å². The van der Waals surface area contributed by atoms with Gasteiger partial charge in [-0.05, 0) is 75.9 Å². The van der Waals surface area contributed by atoms with Crippen LogP contribution in [0.15, 0.2) is 43.0 Å². The fourth-order valence-corrected chi connectivity index (χ4v) is 1.94. The smallest absolute Gasteiger partial charge is 0.332 e. The number of para-hydroxylation sites is 1. The Hall–Kier alpha value is 0.150. The van der Waals surface area contributed by atoms with Crippen LogP contribution in [-0.2, 0) is 9.53 Å². The zero-order valence-electron chi connectivity index (χ0n) is 8.91. The lowest BCUT2D eigenvalue weighted by molar-refractivity contribution is -0.142. The molecule has 0 aromatic heterocycles. The molecule has 0 saturated carbocycles. The molecular formula is C11H8Br4O3. The van der Waals surface area contributed by atoms with Gasteiger partial charge in [0.2, 0.25) is 0 Å². The molecule has 0 unspecified atom stereocenters. The summed E-state index contributed by atoms with van der Waals surface area (Å²) in [7, 11) is 0. The van der Waals surface area contributed by atoms with E-state index in [2.05, 4.69) is 70.3 Å². The van der Waals surface area contributed by atoms with Gasteiger partial charge in [0.1, 0.15) is 5.75 Å². The first-order valence-corrected chi connectivity index (χ1v) is 7.81. The summed E-state index contributed by atoms with van der Waals surface area (Å²) in [4.78, 5) is 11.2. The molecule has 18 heavy (non-hydrogen) atoms. The summed E-state index contributed by atoms with van der Waals surface area (Å²) >= 11 is 13.0. The van der Waals surface area contributed by atoms with Crippen molar-refractivity contribution in [3.05, 3.63) is 43.0 Å². The quantitative estimate of drug-likeness (QED) is 0.330. The predicted molar refractivity (Wildman–Crippen MR) is 84.5 cm³/mol. The van der Waals surface area contributed by atoms with Crippen LogP contribution in [0.5, 0.6) is 5.75 Å². The highest BCUT2D eigenvalue weighted by Gasteiger charge is 2.51. The van der Waals surface area contributed by atoms with Gasteiger partial charge in [-0.1, -0.05) is 24.8 Å². The number of ether oxygens (including phenoxy) is 2. The van der Waals surface area contributed by atoms with Crippen molar-refractivity contribution in [3.8, 4) is 5.75 Å². The highest BCUT2D eigenvalue weighted by Crippen LogP contribution is 2.50. The molecule has 0 fully saturated rings. The minimum Gasteiger partial charge on any atom is -0.460 e. The van der Waals surface area contributed by atoms with Crippen molar-refractivity contribution < 1.29 is 14.3 Å². The van der Waals surface area contributed by atoms with Crippen LogP contribution < -0.4 is 4.74 Å². The van der Waals surface area contributed by atoms with E-state index in [4.69, 9.17) is 9.47 Å². The Bertz CT molecular complexity index is 431. The van der Waals surface area contributed by atoms with Gasteiger partial charge in [0.05, 0.1) is 0 Å². The third-order valence-corrected chi connectivity index (χ3v) is 6.73. The summed E-state index contributed by atoms with van der Waals surface area (Å²) < 4.78 is 8.21. The van der Waals surface area contributed by atoms with Gasteiger partial charge in [0.25, 0.3) is 6.84 Å². The van der Waals surface area contributed by atoms with E-state index in [1.165, 1.54) is 0 Å². The Kier molecular flexibility index (Phi) is 5.89. The number of esters is 1. The van der Waals surface area contributed by atoms with Crippen LogP contribution in [-0.4, -0.2) is 12.8 Å². The van der Waals surface area contributed by atoms with Crippen molar-refractivity contribution in [2.24, 2.45) is 0 Å². The minimum atomic E-state index is -1.31. The van der Waals surface area contributed by atoms with Crippen LogP contribution in [0.2, 0.25) is 0 Å². The Morgan fingerprint density at radius 2 is 1.67 bits per heavy atom. The molecule has 0 atom stereocenters. The van der Waals surface area contributed by atoms with E-state index in [0.717, 1.165) is 6.08 Å². The molecule has 0 aliphatic heterocycles. The number of halogens is 4. The lowest BCUT2D eigenvalue weighted by atomic mass is 10.3. The van der Waals surface area contributed by atoms with E-state index in [1.54, 1.807) is 12.1 Å². The SMILES string of the molecule is C=CC(=O)OC(Br)(Br)C(Br)(Br)Oc1ccccc1. The number of carbonyl (C=O) groups excluding carboxylic acids is 1. The second-order valence-electron chi connectivity index (χ2n) is 3.07. The molecule has 1 aromatic carbocycles. The van der Waals surface area contributed by atoms with Crippen molar-refractivity contribution in [2.45, 2.75) is 6.84 Å². The summed E-state index contributed by atoms with van der Waals surface area (Å²) in [6.07, 6.45) is 1.05. The molecule has 0 heterocycles. The second-order valence-corrected chi connectivity index (χ2v) is 9.67. The minimum absolute atomic E-state index is 0.587. The van der Waals surface area contributed by atoms with Crippen molar-refractivity contribution in [2.75, 3.05) is 0 Å². The summed E-state index contributed by atoms with van der Waals surface area (Å²) in [6.45, 7) is 3.32. The van der Waals surface area contributed by atoms with Crippen molar-refractivity contribution in [3.63, 3.8) is 0 Å². The predicted octanol–water partition coefficient (Wildman–Crippen LogP) is 4.68. The molecule has 98 valence electrons. The Morgan fingerprint density at radius 1 is 1.11 bits per heavy atom. The van der Waals surface area contributed by atoms with Gasteiger partial charge in [-0.25, -0.2) is 4.79 Å². The van der Waals surface area contributed by atoms with Crippen LogP contribution in [0.1, 0.15) is 0 Å². The number of alkyl halides is 4. The van der Waals surface area contributed by atoms with Gasteiger partial charge in [0.15, 0.2) is 0 Å². The summed E-state index contributed by atoms with van der Waals surface area (Å²) in [5.74, 6) is -0.0205. The maximum Gasteiger partial charge on any atom is 0.332 e. The first-order valence-electron chi connectivity index (χ1n) is 4.63. The van der Waals surface area contributed by atoms with Gasteiger partial charge >= 0.3 is 5.97 Å².